The van der Waals surface area contributed by atoms with Gasteiger partial charge in [-0.05, 0) is 61.5 Å². The molecule has 138 valence electrons. The zero-order valence-corrected chi connectivity index (χ0v) is 15.7. The van der Waals surface area contributed by atoms with Gasteiger partial charge in [0.15, 0.2) is 0 Å². The zero-order chi connectivity index (χ0) is 18.8. The maximum Gasteiger partial charge on any atom is 0.254 e. The number of aromatic nitrogens is 3. The molecule has 0 atom stereocenters. The van der Waals surface area contributed by atoms with Crippen LogP contribution in [-0.2, 0) is 19.5 Å². The predicted molar refractivity (Wildman–Crippen MR) is 104 cm³/mol. The van der Waals surface area contributed by atoms with Crippen LogP contribution in [0.1, 0.15) is 27.0 Å². The number of amides is 1. The highest BCUT2D eigenvalue weighted by atomic mass is 16.2. The molecule has 1 amide bonds. The molecule has 6 nitrogen and oxygen atoms in total. The summed E-state index contributed by atoms with van der Waals surface area (Å²) >= 11 is 0. The van der Waals surface area contributed by atoms with Crippen molar-refractivity contribution in [3.05, 3.63) is 77.4 Å². The number of carbonyl (C=O) groups is 1. The average molecular weight is 361 g/mol. The second-order valence-corrected chi connectivity index (χ2v) is 7.23. The predicted octanol–water partition coefficient (Wildman–Crippen LogP) is 2.53. The summed E-state index contributed by atoms with van der Waals surface area (Å²) in [5.41, 5.74) is 5.58. The maximum absolute atomic E-state index is 12.9. The molecule has 0 aliphatic carbocycles. The molecule has 4 rings (SSSR count). The monoisotopic (exact) mass is 361 g/mol. The van der Waals surface area contributed by atoms with E-state index in [1.165, 1.54) is 16.7 Å². The van der Waals surface area contributed by atoms with E-state index in [1.807, 2.05) is 33.7 Å². The first-order valence-corrected chi connectivity index (χ1v) is 9.10. The largest absolute Gasteiger partial charge is 0.334 e. The van der Waals surface area contributed by atoms with Crippen LogP contribution in [-0.4, -0.2) is 51.1 Å². The van der Waals surface area contributed by atoms with E-state index in [0.29, 0.717) is 12.1 Å². The minimum Gasteiger partial charge on any atom is -0.334 e. The summed E-state index contributed by atoms with van der Waals surface area (Å²) in [6.07, 6.45) is 4.19. The Morgan fingerprint density at radius 2 is 1.78 bits per heavy atom. The maximum atomic E-state index is 12.9. The van der Waals surface area contributed by atoms with E-state index in [1.54, 1.807) is 12.7 Å². The van der Waals surface area contributed by atoms with Crippen LogP contribution >= 0.6 is 0 Å². The molecular formula is C21H23N5O. The fourth-order valence-electron chi connectivity index (χ4n) is 3.54. The number of benzene rings is 2. The Labute approximate surface area is 159 Å². The van der Waals surface area contributed by atoms with Crippen molar-refractivity contribution in [1.29, 1.82) is 0 Å². The number of hydrogen-bond acceptors (Lipinski definition) is 4. The molecule has 0 fully saturated rings. The Bertz CT molecular complexity index is 932. The van der Waals surface area contributed by atoms with E-state index in [4.69, 9.17) is 0 Å². The summed E-state index contributed by atoms with van der Waals surface area (Å²) in [6, 6.07) is 14.2. The van der Waals surface area contributed by atoms with Gasteiger partial charge < -0.3 is 9.80 Å². The van der Waals surface area contributed by atoms with Gasteiger partial charge in [-0.15, -0.1) is 10.2 Å². The van der Waals surface area contributed by atoms with E-state index in [2.05, 4.69) is 47.4 Å². The van der Waals surface area contributed by atoms with Crippen LogP contribution in [0.2, 0.25) is 0 Å². The van der Waals surface area contributed by atoms with Gasteiger partial charge in [0.05, 0.1) is 0 Å². The van der Waals surface area contributed by atoms with Crippen LogP contribution < -0.4 is 0 Å². The Hall–Kier alpha value is -2.99. The molecule has 1 aliphatic heterocycles. The molecule has 27 heavy (non-hydrogen) atoms. The highest BCUT2D eigenvalue weighted by Gasteiger charge is 2.22. The van der Waals surface area contributed by atoms with Gasteiger partial charge in [0.25, 0.3) is 5.91 Å². The van der Waals surface area contributed by atoms with E-state index < -0.39 is 0 Å². The van der Waals surface area contributed by atoms with Crippen molar-refractivity contribution in [2.75, 3.05) is 20.6 Å². The molecular weight excluding hydrogens is 338 g/mol. The molecule has 0 bridgehead atoms. The average Bonchev–Trinajstić information content (AvgIpc) is 3.21. The number of rotatable bonds is 4. The summed E-state index contributed by atoms with van der Waals surface area (Å²) < 4.78 is 1.82. The normalized spacial score (nSPS) is 13.7. The minimum absolute atomic E-state index is 0.0772. The van der Waals surface area contributed by atoms with E-state index in [0.717, 1.165) is 25.2 Å². The van der Waals surface area contributed by atoms with Gasteiger partial charge in [-0.3, -0.25) is 9.36 Å². The molecule has 1 aliphatic rings. The van der Waals surface area contributed by atoms with Gasteiger partial charge in [-0.1, -0.05) is 18.2 Å². The van der Waals surface area contributed by atoms with Crippen LogP contribution in [0, 0.1) is 0 Å². The summed E-state index contributed by atoms with van der Waals surface area (Å²) in [5, 5.41) is 7.62. The first-order valence-electron chi connectivity index (χ1n) is 9.10. The zero-order valence-electron chi connectivity index (χ0n) is 15.7. The highest BCUT2D eigenvalue weighted by molar-refractivity contribution is 5.94. The summed E-state index contributed by atoms with van der Waals surface area (Å²) in [7, 11) is 4.16. The van der Waals surface area contributed by atoms with Crippen LogP contribution in [0.4, 0.5) is 0 Å². The molecule has 0 N–H and O–H groups in total. The molecule has 0 spiro atoms. The van der Waals surface area contributed by atoms with Crippen molar-refractivity contribution in [3.63, 3.8) is 0 Å². The van der Waals surface area contributed by atoms with Gasteiger partial charge in [0.1, 0.15) is 12.7 Å². The SMILES string of the molecule is CN(C)Cc1ccc2c(c1)CCN(C(=O)c1ccc(-n3cnnc3)cc1)C2. The topological polar surface area (TPSA) is 54.3 Å². The molecule has 0 saturated heterocycles. The second kappa shape index (κ2) is 7.32. The van der Waals surface area contributed by atoms with E-state index in [9.17, 15) is 4.79 Å². The Kier molecular flexibility index (Phi) is 4.73. The Morgan fingerprint density at radius 3 is 2.48 bits per heavy atom. The van der Waals surface area contributed by atoms with Crippen molar-refractivity contribution < 1.29 is 4.79 Å². The van der Waals surface area contributed by atoms with Crippen molar-refractivity contribution in [3.8, 4) is 5.69 Å². The van der Waals surface area contributed by atoms with E-state index >= 15 is 0 Å². The molecule has 1 aromatic heterocycles. The van der Waals surface area contributed by atoms with E-state index in [-0.39, 0.29) is 5.91 Å². The number of hydrogen-bond donors (Lipinski definition) is 0. The molecule has 0 radical (unpaired) electrons. The lowest BCUT2D eigenvalue weighted by atomic mass is 9.96. The van der Waals surface area contributed by atoms with Gasteiger partial charge in [0.2, 0.25) is 0 Å². The first kappa shape index (κ1) is 17.4. The van der Waals surface area contributed by atoms with Gasteiger partial charge in [-0.2, -0.15) is 0 Å². The smallest absolute Gasteiger partial charge is 0.254 e. The van der Waals surface area contributed by atoms with Gasteiger partial charge in [0, 0.05) is 30.9 Å². The van der Waals surface area contributed by atoms with Crippen LogP contribution in [0.3, 0.4) is 0 Å². The number of fused-ring (bicyclic) bond motifs is 1. The summed E-state index contributed by atoms with van der Waals surface area (Å²) in [5.74, 6) is 0.0772. The molecule has 3 aromatic rings. The lowest BCUT2D eigenvalue weighted by molar-refractivity contribution is 0.0734. The van der Waals surface area contributed by atoms with Crippen molar-refractivity contribution >= 4 is 5.91 Å². The quantitative estimate of drug-likeness (QED) is 0.717. The second-order valence-electron chi connectivity index (χ2n) is 7.23. The van der Waals surface area contributed by atoms with Crippen LogP contribution in [0.5, 0.6) is 0 Å². The van der Waals surface area contributed by atoms with Crippen molar-refractivity contribution in [2.24, 2.45) is 0 Å². The van der Waals surface area contributed by atoms with Gasteiger partial charge in [-0.25, -0.2) is 0 Å². The fourth-order valence-corrected chi connectivity index (χ4v) is 3.54. The van der Waals surface area contributed by atoms with Crippen LogP contribution in [0.15, 0.2) is 55.1 Å². The Morgan fingerprint density at radius 1 is 1.04 bits per heavy atom. The van der Waals surface area contributed by atoms with Crippen molar-refractivity contribution in [2.45, 2.75) is 19.5 Å². The van der Waals surface area contributed by atoms with Gasteiger partial charge >= 0.3 is 0 Å². The standard InChI is InChI=1S/C21H23N5O/c1-24(2)12-16-3-4-19-13-25(10-9-18(19)11-16)21(27)17-5-7-20(8-6-17)26-14-22-23-15-26/h3-8,11,14-15H,9-10,12-13H2,1-2H3. The molecule has 6 heteroatoms. The fraction of sp³-hybridized carbons (Fsp3) is 0.286. The third-order valence-electron chi connectivity index (χ3n) is 4.90. The van der Waals surface area contributed by atoms with Crippen LogP contribution in [0.25, 0.3) is 5.69 Å². The third kappa shape index (κ3) is 3.75. The number of carbonyl (C=O) groups excluding carboxylic acids is 1. The Balaban J connectivity index is 1.47. The summed E-state index contributed by atoms with van der Waals surface area (Å²) in [4.78, 5) is 17.0. The molecule has 0 unspecified atom stereocenters. The molecule has 0 saturated carbocycles. The summed E-state index contributed by atoms with van der Waals surface area (Å²) in [6.45, 7) is 2.36. The lowest BCUT2D eigenvalue weighted by Crippen LogP contribution is -2.36. The van der Waals surface area contributed by atoms with Crippen molar-refractivity contribution in [1.82, 2.24) is 24.6 Å². The molecule has 2 heterocycles. The third-order valence-corrected chi connectivity index (χ3v) is 4.90. The number of nitrogens with zero attached hydrogens (tertiary/aromatic N) is 5. The lowest BCUT2D eigenvalue weighted by Gasteiger charge is -2.29. The minimum atomic E-state index is 0.0772. The highest BCUT2D eigenvalue weighted by Crippen LogP contribution is 2.22. The first-order chi connectivity index (χ1) is 13.1. The molecule has 2 aromatic carbocycles.